The minimum atomic E-state index is -0.0239. The van der Waals surface area contributed by atoms with E-state index >= 15 is 0 Å². The highest BCUT2D eigenvalue weighted by Crippen LogP contribution is 2.36. The van der Waals surface area contributed by atoms with Gasteiger partial charge in [0.25, 0.3) is 0 Å². The van der Waals surface area contributed by atoms with Crippen LogP contribution in [0.15, 0.2) is 40.9 Å². The Morgan fingerprint density at radius 1 is 1.20 bits per heavy atom. The van der Waals surface area contributed by atoms with E-state index in [0.29, 0.717) is 36.6 Å². The quantitative estimate of drug-likeness (QED) is 0.658. The van der Waals surface area contributed by atoms with Gasteiger partial charge in [-0.3, -0.25) is 4.79 Å². The SMILES string of the molecule is COc1cc(CNC(=O)CCc2ccccc2N)cc(Br)c1OC.Cl. The average Bonchev–Trinajstić information content (AvgIpc) is 2.58. The molecule has 136 valence electrons. The molecule has 2 rings (SSSR count). The number of halogens is 2. The fourth-order valence-electron chi connectivity index (χ4n) is 2.37. The standard InChI is InChI=1S/C18H21BrN2O3.ClH/c1-23-16-10-12(9-14(19)18(16)24-2)11-21-17(22)8-7-13-5-3-4-6-15(13)20;/h3-6,9-10H,7-8,11,20H2,1-2H3,(H,21,22);1H. The number of nitrogens with one attached hydrogen (secondary N) is 1. The molecule has 0 saturated carbocycles. The van der Waals surface area contributed by atoms with Crippen LogP contribution in [0.1, 0.15) is 17.5 Å². The maximum Gasteiger partial charge on any atom is 0.220 e. The van der Waals surface area contributed by atoms with E-state index in [1.54, 1.807) is 14.2 Å². The first-order chi connectivity index (χ1) is 11.5. The third kappa shape index (κ3) is 5.83. The number of nitrogen functional groups attached to an aromatic ring is 1. The summed E-state index contributed by atoms with van der Waals surface area (Å²) in [7, 11) is 3.16. The lowest BCUT2D eigenvalue weighted by Crippen LogP contribution is -2.23. The highest BCUT2D eigenvalue weighted by Gasteiger charge is 2.11. The largest absolute Gasteiger partial charge is 0.493 e. The van der Waals surface area contributed by atoms with Crippen LogP contribution in [0.5, 0.6) is 11.5 Å². The fourth-order valence-corrected chi connectivity index (χ4v) is 3.02. The molecule has 2 aromatic rings. The van der Waals surface area contributed by atoms with Gasteiger partial charge in [0.2, 0.25) is 5.91 Å². The minimum Gasteiger partial charge on any atom is -0.493 e. The van der Waals surface area contributed by atoms with Gasteiger partial charge in [-0.2, -0.15) is 0 Å². The number of methoxy groups -OCH3 is 2. The van der Waals surface area contributed by atoms with Crippen LogP contribution in [0.2, 0.25) is 0 Å². The number of nitrogens with two attached hydrogens (primary N) is 1. The first-order valence-corrected chi connectivity index (χ1v) is 8.35. The van der Waals surface area contributed by atoms with Crippen molar-refractivity contribution in [2.45, 2.75) is 19.4 Å². The Hall–Kier alpha value is -1.92. The van der Waals surface area contributed by atoms with Crippen molar-refractivity contribution in [3.63, 3.8) is 0 Å². The second kappa shape index (κ2) is 10.2. The predicted molar refractivity (Wildman–Crippen MR) is 106 cm³/mol. The van der Waals surface area contributed by atoms with Gasteiger partial charge in [-0.05, 0) is 51.7 Å². The van der Waals surface area contributed by atoms with E-state index in [2.05, 4.69) is 21.2 Å². The molecule has 25 heavy (non-hydrogen) atoms. The molecular formula is C18H22BrClN2O3. The van der Waals surface area contributed by atoms with Gasteiger partial charge in [0.1, 0.15) is 0 Å². The van der Waals surface area contributed by atoms with E-state index in [0.717, 1.165) is 15.6 Å². The number of anilines is 1. The topological polar surface area (TPSA) is 73.6 Å². The lowest BCUT2D eigenvalue weighted by Gasteiger charge is -2.12. The Labute approximate surface area is 162 Å². The summed E-state index contributed by atoms with van der Waals surface area (Å²) in [6.45, 7) is 0.419. The summed E-state index contributed by atoms with van der Waals surface area (Å²) in [6.07, 6.45) is 1.01. The lowest BCUT2D eigenvalue weighted by atomic mass is 10.1. The second-order valence-corrected chi connectivity index (χ2v) is 6.14. The van der Waals surface area contributed by atoms with Gasteiger partial charge < -0.3 is 20.5 Å². The molecule has 0 heterocycles. The Morgan fingerprint density at radius 3 is 2.56 bits per heavy atom. The van der Waals surface area contributed by atoms with Crippen LogP contribution >= 0.6 is 28.3 Å². The van der Waals surface area contributed by atoms with E-state index in [9.17, 15) is 4.79 Å². The molecule has 0 spiro atoms. The highest BCUT2D eigenvalue weighted by atomic mass is 79.9. The zero-order chi connectivity index (χ0) is 17.5. The zero-order valence-corrected chi connectivity index (χ0v) is 16.6. The molecule has 0 aromatic heterocycles. The first kappa shape index (κ1) is 21.1. The summed E-state index contributed by atoms with van der Waals surface area (Å²) in [5, 5.41) is 2.91. The van der Waals surface area contributed by atoms with Gasteiger partial charge in [0, 0.05) is 18.7 Å². The summed E-state index contributed by atoms with van der Waals surface area (Å²) < 4.78 is 11.4. The summed E-state index contributed by atoms with van der Waals surface area (Å²) in [6, 6.07) is 11.3. The Balaban J connectivity index is 0.00000312. The van der Waals surface area contributed by atoms with Crippen LogP contribution in [0.4, 0.5) is 5.69 Å². The third-order valence-electron chi connectivity index (χ3n) is 3.66. The molecule has 0 unspecified atom stereocenters. The molecule has 0 bridgehead atoms. The van der Waals surface area contributed by atoms with Crippen molar-refractivity contribution in [3.8, 4) is 11.5 Å². The summed E-state index contributed by atoms with van der Waals surface area (Å²) in [5.74, 6) is 1.23. The van der Waals surface area contributed by atoms with E-state index in [4.69, 9.17) is 15.2 Å². The smallest absolute Gasteiger partial charge is 0.220 e. The van der Waals surface area contributed by atoms with Crippen molar-refractivity contribution >= 4 is 39.9 Å². The monoisotopic (exact) mass is 428 g/mol. The van der Waals surface area contributed by atoms with Crippen molar-refractivity contribution in [2.24, 2.45) is 0 Å². The molecule has 0 aliphatic carbocycles. The van der Waals surface area contributed by atoms with Gasteiger partial charge in [0.15, 0.2) is 11.5 Å². The molecule has 5 nitrogen and oxygen atoms in total. The van der Waals surface area contributed by atoms with Crippen molar-refractivity contribution in [3.05, 3.63) is 52.0 Å². The molecule has 0 fully saturated rings. The van der Waals surface area contributed by atoms with E-state index in [1.165, 1.54) is 0 Å². The van der Waals surface area contributed by atoms with Crippen molar-refractivity contribution in [2.75, 3.05) is 20.0 Å². The van der Waals surface area contributed by atoms with Crippen LogP contribution in [0.25, 0.3) is 0 Å². The summed E-state index contributed by atoms with van der Waals surface area (Å²) in [4.78, 5) is 12.0. The lowest BCUT2D eigenvalue weighted by molar-refractivity contribution is -0.121. The molecular weight excluding hydrogens is 408 g/mol. The van der Waals surface area contributed by atoms with Crippen LogP contribution in [-0.4, -0.2) is 20.1 Å². The van der Waals surface area contributed by atoms with Gasteiger partial charge in [-0.1, -0.05) is 18.2 Å². The normalized spacial score (nSPS) is 9.88. The number of benzene rings is 2. The number of ether oxygens (including phenoxy) is 2. The highest BCUT2D eigenvalue weighted by molar-refractivity contribution is 9.10. The van der Waals surface area contributed by atoms with E-state index < -0.39 is 0 Å². The van der Waals surface area contributed by atoms with E-state index in [-0.39, 0.29) is 18.3 Å². The predicted octanol–water partition coefficient (Wildman–Crippen LogP) is 3.72. The first-order valence-electron chi connectivity index (χ1n) is 7.55. The second-order valence-electron chi connectivity index (χ2n) is 5.29. The van der Waals surface area contributed by atoms with Gasteiger partial charge in [-0.25, -0.2) is 0 Å². The number of amides is 1. The molecule has 0 radical (unpaired) electrons. The number of rotatable bonds is 7. The molecule has 3 N–H and O–H groups in total. The number of aryl methyl sites for hydroxylation is 1. The molecule has 2 aromatic carbocycles. The Morgan fingerprint density at radius 2 is 1.92 bits per heavy atom. The molecule has 0 saturated heterocycles. The number of carbonyl (C=O) groups is 1. The minimum absolute atomic E-state index is 0. The average molecular weight is 430 g/mol. The van der Waals surface area contributed by atoms with Crippen molar-refractivity contribution < 1.29 is 14.3 Å². The molecule has 0 atom stereocenters. The maximum absolute atomic E-state index is 12.0. The van der Waals surface area contributed by atoms with Crippen LogP contribution in [0, 0.1) is 0 Å². The molecule has 1 amide bonds. The van der Waals surface area contributed by atoms with Gasteiger partial charge >= 0.3 is 0 Å². The maximum atomic E-state index is 12.0. The Kier molecular flexibility index (Phi) is 8.58. The zero-order valence-electron chi connectivity index (χ0n) is 14.2. The number of para-hydroxylation sites is 1. The molecule has 0 aliphatic rings. The third-order valence-corrected chi connectivity index (χ3v) is 4.25. The van der Waals surface area contributed by atoms with Crippen LogP contribution in [0.3, 0.4) is 0 Å². The molecule has 0 aliphatic heterocycles. The van der Waals surface area contributed by atoms with Crippen molar-refractivity contribution in [1.29, 1.82) is 0 Å². The van der Waals surface area contributed by atoms with E-state index in [1.807, 2.05) is 36.4 Å². The Bertz CT molecular complexity index is 725. The fraction of sp³-hybridized carbons (Fsp3) is 0.278. The van der Waals surface area contributed by atoms with Crippen LogP contribution in [-0.2, 0) is 17.8 Å². The summed E-state index contributed by atoms with van der Waals surface area (Å²) >= 11 is 3.44. The number of carbonyl (C=O) groups excluding carboxylic acids is 1. The van der Waals surface area contributed by atoms with Crippen LogP contribution < -0.4 is 20.5 Å². The molecule has 7 heteroatoms. The number of hydrogen-bond donors (Lipinski definition) is 2. The number of hydrogen-bond acceptors (Lipinski definition) is 4. The van der Waals surface area contributed by atoms with Crippen molar-refractivity contribution in [1.82, 2.24) is 5.32 Å². The summed E-state index contributed by atoms with van der Waals surface area (Å²) in [5.41, 5.74) is 8.51. The van der Waals surface area contributed by atoms with Gasteiger partial charge in [0.05, 0.1) is 18.7 Å². The van der Waals surface area contributed by atoms with Gasteiger partial charge in [-0.15, -0.1) is 12.4 Å².